The Morgan fingerprint density at radius 1 is 1.03 bits per heavy atom. The lowest BCUT2D eigenvalue weighted by Crippen LogP contribution is -2.33. The van der Waals surface area contributed by atoms with Gasteiger partial charge in [0.25, 0.3) is 5.91 Å². The highest BCUT2D eigenvalue weighted by molar-refractivity contribution is 6.07. The number of carbonyl (C=O) groups excluding carboxylic acids is 2. The number of ether oxygens (including phenoxy) is 1. The van der Waals surface area contributed by atoms with Gasteiger partial charge >= 0.3 is 6.03 Å². The molecule has 8 nitrogen and oxygen atoms in total. The summed E-state index contributed by atoms with van der Waals surface area (Å²) in [5.41, 5.74) is 9.58. The molecule has 3 aromatic carbocycles. The maximum absolute atomic E-state index is 12.7. The van der Waals surface area contributed by atoms with E-state index < -0.39 is 11.9 Å². The van der Waals surface area contributed by atoms with E-state index in [4.69, 9.17) is 10.5 Å². The van der Waals surface area contributed by atoms with Crippen LogP contribution in [-0.2, 0) is 6.54 Å². The lowest BCUT2D eigenvalue weighted by Gasteiger charge is -2.32. The molecule has 0 radical (unpaired) electrons. The molecule has 0 bridgehead atoms. The summed E-state index contributed by atoms with van der Waals surface area (Å²) < 4.78 is 5.79. The van der Waals surface area contributed by atoms with Gasteiger partial charge in [-0.2, -0.15) is 0 Å². The molecule has 1 aromatic heterocycles. The van der Waals surface area contributed by atoms with E-state index in [-0.39, 0.29) is 5.56 Å². The molecule has 8 heteroatoms. The first-order valence-electron chi connectivity index (χ1n) is 10.6. The minimum atomic E-state index is -0.648. The maximum Gasteiger partial charge on any atom is 0.323 e. The molecule has 0 aliphatic carbocycles. The number of nitrogens with zero attached hydrogens (tertiary/aromatic N) is 1. The Morgan fingerprint density at radius 2 is 1.88 bits per heavy atom. The second-order valence-corrected chi connectivity index (χ2v) is 7.84. The van der Waals surface area contributed by atoms with E-state index in [2.05, 4.69) is 32.7 Å². The van der Waals surface area contributed by atoms with Crippen molar-refractivity contribution in [3.63, 3.8) is 0 Å². The zero-order valence-electron chi connectivity index (χ0n) is 17.8. The minimum absolute atomic E-state index is 0.185. The number of rotatable bonds is 5. The number of urea groups is 1. The number of amides is 3. The van der Waals surface area contributed by atoms with Crippen molar-refractivity contribution >= 4 is 39.9 Å². The molecule has 2 heterocycles. The summed E-state index contributed by atoms with van der Waals surface area (Å²) in [6, 6.07) is 20.5. The lowest BCUT2D eigenvalue weighted by atomic mass is 10.1. The van der Waals surface area contributed by atoms with Crippen LogP contribution in [0.1, 0.15) is 15.9 Å². The molecule has 3 amide bonds. The molecule has 0 spiro atoms. The number of carbonyl (C=O) groups is 2. The average molecular weight is 441 g/mol. The number of nitrogens with one attached hydrogen (secondary N) is 3. The SMILES string of the molecule is NC(=O)c1cc2c(cc1NC(=O)Nc1ccc3cc[nH]c3c1)N(Cc1ccccc1)CCO2. The fourth-order valence-electron chi connectivity index (χ4n) is 4.00. The van der Waals surface area contributed by atoms with Crippen LogP contribution in [0, 0.1) is 0 Å². The molecule has 0 saturated carbocycles. The Hall–Kier alpha value is -4.46. The monoisotopic (exact) mass is 441 g/mol. The summed E-state index contributed by atoms with van der Waals surface area (Å²) in [4.78, 5) is 30.1. The number of aromatic amines is 1. The van der Waals surface area contributed by atoms with Gasteiger partial charge in [0.1, 0.15) is 12.4 Å². The van der Waals surface area contributed by atoms with Crippen LogP contribution in [0.25, 0.3) is 10.9 Å². The molecule has 1 aliphatic heterocycles. The summed E-state index contributed by atoms with van der Waals surface area (Å²) >= 11 is 0. The van der Waals surface area contributed by atoms with E-state index in [1.54, 1.807) is 12.1 Å². The van der Waals surface area contributed by atoms with Gasteiger partial charge in [-0.1, -0.05) is 36.4 Å². The second-order valence-electron chi connectivity index (χ2n) is 7.84. The standard InChI is InChI=1S/C25H23N5O3/c26-24(31)19-13-23-22(30(10-11-33-23)15-16-4-2-1-3-5-16)14-21(19)29-25(32)28-18-7-6-17-8-9-27-20(17)12-18/h1-9,12-14,27H,10-11,15H2,(H2,26,31)(H2,28,29,32). The van der Waals surface area contributed by atoms with Crippen molar-refractivity contribution in [1.29, 1.82) is 0 Å². The van der Waals surface area contributed by atoms with Crippen LogP contribution in [0.2, 0.25) is 0 Å². The number of hydrogen-bond acceptors (Lipinski definition) is 4. The van der Waals surface area contributed by atoms with E-state index in [1.165, 1.54) is 0 Å². The topological polar surface area (TPSA) is 112 Å². The molecule has 4 aromatic rings. The predicted molar refractivity (Wildman–Crippen MR) is 129 cm³/mol. The largest absolute Gasteiger partial charge is 0.490 e. The summed E-state index contributed by atoms with van der Waals surface area (Å²) in [7, 11) is 0. The fraction of sp³-hybridized carbons (Fsp3) is 0.120. The first-order chi connectivity index (χ1) is 16.1. The zero-order valence-corrected chi connectivity index (χ0v) is 17.8. The Bertz CT molecular complexity index is 1330. The lowest BCUT2D eigenvalue weighted by molar-refractivity contribution is 0.100. The van der Waals surface area contributed by atoms with Crippen LogP contribution in [0.15, 0.2) is 72.9 Å². The van der Waals surface area contributed by atoms with Crippen molar-refractivity contribution in [3.05, 3.63) is 84.1 Å². The number of hydrogen-bond donors (Lipinski definition) is 4. The van der Waals surface area contributed by atoms with Crippen molar-refractivity contribution in [2.24, 2.45) is 5.73 Å². The third-order valence-electron chi connectivity index (χ3n) is 5.60. The summed E-state index contributed by atoms with van der Waals surface area (Å²) in [5.74, 6) is -0.0844. The number of primary amides is 1. The Labute approximate surface area is 190 Å². The van der Waals surface area contributed by atoms with Crippen molar-refractivity contribution in [2.45, 2.75) is 6.54 Å². The molecule has 166 valence electrons. The maximum atomic E-state index is 12.7. The summed E-state index contributed by atoms with van der Waals surface area (Å²) in [6.07, 6.45) is 1.84. The van der Waals surface area contributed by atoms with Gasteiger partial charge in [0.2, 0.25) is 0 Å². The van der Waals surface area contributed by atoms with E-state index in [9.17, 15) is 9.59 Å². The number of fused-ring (bicyclic) bond motifs is 2. The quantitative estimate of drug-likeness (QED) is 0.370. The number of aromatic nitrogens is 1. The first-order valence-corrected chi connectivity index (χ1v) is 10.6. The van der Waals surface area contributed by atoms with E-state index >= 15 is 0 Å². The Balaban J connectivity index is 1.41. The molecular weight excluding hydrogens is 418 g/mol. The molecular formula is C25H23N5O3. The van der Waals surface area contributed by atoms with Crippen LogP contribution in [-0.4, -0.2) is 30.1 Å². The smallest absolute Gasteiger partial charge is 0.323 e. The van der Waals surface area contributed by atoms with E-state index in [0.29, 0.717) is 36.8 Å². The fourth-order valence-corrected chi connectivity index (χ4v) is 4.00. The van der Waals surface area contributed by atoms with Crippen LogP contribution < -0.4 is 26.0 Å². The molecule has 5 N–H and O–H groups in total. The third-order valence-corrected chi connectivity index (χ3v) is 5.60. The highest BCUT2D eigenvalue weighted by Gasteiger charge is 2.23. The number of H-pyrrole nitrogens is 1. The van der Waals surface area contributed by atoms with E-state index in [0.717, 1.165) is 22.2 Å². The van der Waals surface area contributed by atoms with Gasteiger partial charge in [0, 0.05) is 23.9 Å². The van der Waals surface area contributed by atoms with E-state index in [1.807, 2.05) is 48.7 Å². The van der Waals surface area contributed by atoms with Gasteiger partial charge < -0.3 is 31.0 Å². The highest BCUT2D eigenvalue weighted by Crippen LogP contribution is 2.37. The molecule has 0 fully saturated rings. The number of nitrogens with two attached hydrogens (primary N) is 1. The van der Waals surface area contributed by atoms with Crippen molar-refractivity contribution in [1.82, 2.24) is 4.98 Å². The molecule has 33 heavy (non-hydrogen) atoms. The van der Waals surface area contributed by atoms with Gasteiger partial charge in [-0.05, 0) is 41.3 Å². The molecule has 0 atom stereocenters. The van der Waals surface area contributed by atoms with Crippen LogP contribution >= 0.6 is 0 Å². The first kappa shape index (κ1) is 20.4. The average Bonchev–Trinajstić information content (AvgIpc) is 3.27. The van der Waals surface area contributed by atoms with Gasteiger partial charge in [0.05, 0.1) is 23.5 Å². The van der Waals surface area contributed by atoms with Gasteiger partial charge in [0.15, 0.2) is 0 Å². The van der Waals surface area contributed by atoms with Crippen LogP contribution in [0.5, 0.6) is 5.75 Å². The van der Waals surface area contributed by atoms with Crippen molar-refractivity contribution < 1.29 is 14.3 Å². The summed E-state index contributed by atoms with van der Waals surface area (Å²) in [5, 5.41) is 6.62. The normalized spacial score (nSPS) is 12.7. The Kier molecular flexibility index (Phi) is 5.32. The van der Waals surface area contributed by atoms with Crippen LogP contribution in [0.3, 0.4) is 0 Å². The highest BCUT2D eigenvalue weighted by atomic mass is 16.5. The third kappa shape index (κ3) is 4.31. The van der Waals surface area contributed by atoms with Gasteiger partial charge in [-0.25, -0.2) is 4.79 Å². The van der Waals surface area contributed by atoms with Gasteiger partial charge in [-0.15, -0.1) is 0 Å². The summed E-state index contributed by atoms with van der Waals surface area (Å²) in [6.45, 7) is 1.85. The minimum Gasteiger partial charge on any atom is -0.490 e. The number of anilines is 3. The van der Waals surface area contributed by atoms with Crippen molar-refractivity contribution in [2.75, 3.05) is 28.7 Å². The van der Waals surface area contributed by atoms with Gasteiger partial charge in [-0.3, -0.25) is 4.79 Å². The zero-order chi connectivity index (χ0) is 22.8. The second kappa shape index (κ2) is 8.58. The molecule has 0 saturated heterocycles. The molecule has 1 aliphatic rings. The Morgan fingerprint density at radius 3 is 2.70 bits per heavy atom. The molecule has 5 rings (SSSR count). The predicted octanol–water partition coefficient (Wildman–Crippen LogP) is 4.31. The molecule has 0 unspecified atom stereocenters. The van der Waals surface area contributed by atoms with Crippen LogP contribution in [0.4, 0.5) is 21.9 Å². The number of benzene rings is 3. The van der Waals surface area contributed by atoms with Crippen molar-refractivity contribution in [3.8, 4) is 5.75 Å².